The molecule has 0 atom stereocenters. The second kappa shape index (κ2) is 7.58. The number of aryl methyl sites for hydroxylation is 2. The number of rotatable bonds is 6. The van der Waals surface area contributed by atoms with Crippen LogP contribution in [0.3, 0.4) is 0 Å². The first-order valence-electron chi connectivity index (χ1n) is 8.45. The Bertz CT molecular complexity index is 1050. The van der Waals surface area contributed by atoms with Crippen LogP contribution in [-0.4, -0.2) is 19.7 Å². The molecule has 0 saturated carbocycles. The molecule has 4 aromatic rings. The summed E-state index contributed by atoms with van der Waals surface area (Å²) in [5, 5.41) is 15.8. The number of nitrogens with zero attached hydrogens (tertiary/aromatic N) is 4. The molecule has 0 spiro atoms. The molecule has 0 unspecified atom stereocenters. The SMILES string of the molecule is Cc1ccc(Nc2nc(CSc3nnc(-c4ccoc4C)n3C)cs2)cc1. The Morgan fingerprint density at radius 1 is 1.15 bits per heavy atom. The molecule has 0 aliphatic heterocycles. The monoisotopic (exact) mass is 397 g/mol. The van der Waals surface area contributed by atoms with Gasteiger partial charge in [0, 0.05) is 23.9 Å². The van der Waals surface area contributed by atoms with E-state index in [4.69, 9.17) is 4.42 Å². The van der Waals surface area contributed by atoms with Gasteiger partial charge in [-0.3, -0.25) is 0 Å². The van der Waals surface area contributed by atoms with Crippen LogP contribution in [0, 0.1) is 13.8 Å². The van der Waals surface area contributed by atoms with Gasteiger partial charge < -0.3 is 14.3 Å². The minimum Gasteiger partial charge on any atom is -0.469 e. The lowest BCUT2D eigenvalue weighted by molar-refractivity contribution is 0.534. The van der Waals surface area contributed by atoms with Gasteiger partial charge in [0.2, 0.25) is 0 Å². The summed E-state index contributed by atoms with van der Waals surface area (Å²) >= 11 is 3.22. The van der Waals surface area contributed by atoms with Gasteiger partial charge in [-0.1, -0.05) is 29.5 Å². The Kier molecular flexibility index (Phi) is 5.00. The molecule has 0 fully saturated rings. The van der Waals surface area contributed by atoms with Gasteiger partial charge in [0.15, 0.2) is 16.1 Å². The molecular formula is C19H19N5OS2. The second-order valence-electron chi connectivity index (χ2n) is 6.18. The predicted octanol–water partition coefficient (Wildman–Crippen LogP) is 5.18. The molecule has 4 rings (SSSR count). The summed E-state index contributed by atoms with van der Waals surface area (Å²) in [5.41, 5.74) is 4.27. The van der Waals surface area contributed by atoms with E-state index in [0.717, 1.165) is 44.6 Å². The molecule has 6 nitrogen and oxygen atoms in total. The van der Waals surface area contributed by atoms with Crippen LogP contribution in [0.5, 0.6) is 0 Å². The van der Waals surface area contributed by atoms with E-state index in [1.807, 2.05) is 24.6 Å². The summed E-state index contributed by atoms with van der Waals surface area (Å²) < 4.78 is 7.35. The van der Waals surface area contributed by atoms with Crippen molar-refractivity contribution in [3.05, 3.63) is 59.0 Å². The molecule has 0 aliphatic carbocycles. The fourth-order valence-corrected chi connectivity index (χ4v) is 4.26. The summed E-state index contributed by atoms with van der Waals surface area (Å²) in [4.78, 5) is 4.66. The number of thiazole rings is 1. The van der Waals surface area contributed by atoms with E-state index in [1.165, 1.54) is 5.56 Å². The molecule has 3 aromatic heterocycles. The lowest BCUT2D eigenvalue weighted by Gasteiger charge is -2.03. The maximum atomic E-state index is 5.37. The fourth-order valence-electron chi connectivity index (χ4n) is 2.62. The van der Waals surface area contributed by atoms with Crippen molar-refractivity contribution in [3.8, 4) is 11.4 Å². The zero-order valence-electron chi connectivity index (χ0n) is 15.3. The number of hydrogen-bond acceptors (Lipinski definition) is 7. The summed E-state index contributed by atoms with van der Waals surface area (Å²) in [5.74, 6) is 2.39. The van der Waals surface area contributed by atoms with Gasteiger partial charge in [-0.15, -0.1) is 21.5 Å². The van der Waals surface area contributed by atoms with Crippen LogP contribution >= 0.6 is 23.1 Å². The van der Waals surface area contributed by atoms with Gasteiger partial charge in [-0.05, 0) is 32.0 Å². The molecule has 0 aliphatic rings. The molecule has 27 heavy (non-hydrogen) atoms. The van der Waals surface area contributed by atoms with E-state index in [2.05, 4.69) is 57.1 Å². The number of aromatic nitrogens is 4. The lowest BCUT2D eigenvalue weighted by atomic mass is 10.2. The summed E-state index contributed by atoms with van der Waals surface area (Å²) in [6.07, 6.45) is 1.67. The highest BCUT2D eigenvalue weighted by Gasteiger charge is 2.15. The Balaban J connectivity index is 1.41. The Morgan fingerprint density at radius 2 is 1.96 bits per heavy atom. The van der Waals surface area contributed by atoms with E-state index in [-0.39, 0.29) is 0 Å². The standard InChI is InChI=1S/C19H19N5OS2/c1-12-4-6-14(7-5-12)20-18-21-15(10-26-18)11-27-19-23-22-17(24(19)3)16-8-9-25-13(16)2/h4-10H,11H2,1-3H3,(H,20,21). The first-order valence-corrected chi connectivity index (χ1v) is 10.3. The van der Waals surface area contributed by atoms with Crippen molar-refractivity contribution in [1.29, 1.82) is 0 Å². The van der Waals surface area contributed by atoms with Crippen LogP contribution in [0.4, 0.5) is 10.8 Å². The van der Waals surface area contributed by atoms with Crippen LogP contribution in [0.25, 0.3) is 11.4 Å². The van der Waals surface area contributed by atoms with Gasteiger partial charge in [-0.25, -0.2) is 4.98 Å². The third-order valence-electron chi connectivity index (χ3n) is 4.14. The number of anilines is 2. The summed E-state index contributed by atoms with van der Waals surface area (Å²) in [7, 11) is 1.97. The second-order valence-corrected chi connectivity index (χ2v) is 7.98. The maximum Gasteiger partial charge on any atom is 0.191 e. The highest BCUT2D eigenvalue weighted by Crippen LogP contribution is 2.29. The van der Waals surface area contributed by atoms with Crippen molar-refractivity contribution < 1.29 is 4.42 Å². The molecule has 8 heteroatoms. The van der Waals surface area contributed by atoms with E-state index >= 15 is 0 Å². The molecule has 0 saturated heterocycles. The first kappa shape index (κ1) is 17.8. The van der Waals surface area contributed by atoms with Gasteiger partial charge in [0.05, 0.1) is 17.5 Å². The molecule has 1 N–H and O–H groups in total. The Labute approximate surface area is 165 Å². The number of benzene rings is 1. The Morgan fingerprint density at radius 3 is 2.70 bits per heavy atom. The van der Waals surface area contributed by atoms with Crippen molar-refractivity contribution >= 4 is 33.9 Å². The Hall–Kier alpha value is -2.58. The number of hydrogen-bond donors (Lipinski definition) is 1. The average Bonchev–Trinajstić information content (AvgIpc) is 3.36. The van der Waals surface area contributed by atoms with Crippen molar-refractivity contribution in [2.24, 2.45) is 7.05 Å². The molecule has 0 radical (unpaired) electrons. The van der Waals surface area contributed by atoms with Crippen LogP contribution < -0.4 is 5.32 Å². The highest BCUT2D eigenvalue weighted by atomic mass is 32.2. The smallest absolute Gasteiger partial charge is 0.191 e. The summed E-state index contributed by atoms with van der Waals surface area (Å²) in [6, 6.07) is 10.2. The lowest BCUT2D eigenvalue weighted by Crippen LogP contribution is -1.95. The largest absolute Gasteiger partial charge is 0.469 e. The molecule has 3 heterocycles. The predicted molar refractivity (Wildman–Crippen MR) is 110 cm³/mol. The van der Waals surface area contributed by atoms with Crippen molar-refractivity contribution in [1.82, 2.24) is 19.7 Å². The zero-order valence-corrected chi connectivity index (χ0v) is 16.9. The topological polar surface area (TPSA) is 68.8 Å². The van der Waals surface area contributed by atoms with Gasteiger partial charge in [-0.2, -0.15) is 0 Å². The fraction of sp³-hybridized carbons (Fsp3) is 0.211. The third-order valence-corrected chi connectivity index (χ3v) is 6.00. The van der Waals surface area contributed by atoms with Crippen LogP contribution in [0.1, 0.15) is 17.0 Å². The van der Waals surface area contributed by atoms with E-state index in [1.54, 1.807) is 29.4 Å². The van der Waals surface area contributed by atoms with E-state index in [9.17, 15) is 0 Å². The normalized spacial score (nSPS) is 11.1. The van der Waals surface area contributed by atoms with Crippen LogP contribution in [0.2, 0.25) is 0 Å². The molecule has 138 valence electrons. The van der Waals surface area contributed by atoms with Gasteiger partial charge in [0.1, 0.15) is 5.76 Å². The van der Waals surface area contributed by atoms with E-state index in [0.29, 0.717) is 0 Å². The maximum absolute atomic E-state index is 5.37. The minimum atomic E-state index is 0.739. The van der Waals surface area contributed by atoms with E-state index < -0.39 is 0 Å². The average molecular weight is 398 g/mol. The first-order chi connectivity index (χ1) is 13.1. The quantitative estimate of drug-likeness (QED) is 0.452. The van der Waals surface area contributed by atoms with Gasteiger partial charge in [0.25, 0.3) is 0 Å². The summed E-state index contributed by atoms with van der Waals surface area (Å²) in [6.45, 7) is 4.00. The third kappa shape index (κ3) is 3.91. The number of furan rings is 1. The zero-order chi connectivity index (χ0) is 18.8. The van der Waals surface area contributed by atoms with Crippen molar-refractivity contribution in [2.45, 2.75) is 24.8 Å². The highest BCUT2D eigenvalue weighted by molar-refractivity contribution is 7.98. The van der Waals surface area contributed by atoms with Crippen LogP contribution in [-0.2, 0) is 12.8 Å². The number of nitrogens with one attached hydrogen (secondary N) is 1. The molecule has 0 bridgehead atoms. The van der Waals surface area contributed by atoms with Crippen LogP contribution in [0.15, 0.2) is 51.5 Å². The van der Waals surface area contributed by atoms with Gasteiger partial charge >= 0.3 is 0 Å². The molecular weight excluding hydrogens is 378 g/mol. The number of thioether (sulfide) groups is 1. The minimum absolute atomic E-state index is 0.739. The van der Waals surface area contributed by atoms with Crippen molar-refractivity contribution in [2.75, 3.05) is 5.32 Å². The molecule has 0 amide bonds. The van der Waals surface area contributed by atoms with Crippen molar-refractivity contribution in [3.63, 3.8) is 0 Å². The molecule has 1 aromatic carbocycles.